The Bertz CT molecular complexity index is 1870. The van der Waals surface area contributed by atoms with Crippen LogP contribution in [-0.4, -0.2) is 30.2 Å². The summed E-state index contributed by atoms with van der Waals surface area (Å²) in [6, 6.07) is 14.8. The van der Waals surface area contributed by atoms with Crippen molar-refractivity contribution in [3.05, 3.63) is 102 Å². The lowest BCUT2D eigenvalue weighted by atomic mass is 9.95. The van der Waals surface area contributed by atoms with Crippen molar-refractivity contribution >= 4 is 41.0 Å². The monoisotopic (exact) mass is 592 g/mol. The number of nitrogens with zero attached hydrogens (tertiary/aromatic N) is 2. The van der Waals surface area contributed by atoms with E-state index in [0.717, 1.165) is 5.56 Å². The Balaban J connectivity index is 1.64. The third kappa shape index (κ3) is 5.61. The molecule has 9 nitrogen and oxygen atoms in total. The lowest BCUT2D eigenvalue weighted by Gasteiger charge is -2.25. The Morgan fingerprint density at radius 3 is 2.56 bits per heavy atom. The number of carbonyl (C=O) groups is 2. The Hall–Kier alpha value is -4.41. The van der Waals surface area contributed by atoms with Crippen LogP contribution in [0.4, 0.5) is 0 Å². The van der Waals surface area contributed by atoms with Crippen LogP contribution in [0.1, 0.15) is 38.1 Å². The van der Waals surface area contributed by atoms with E-state index in [1.807, 2.05) is 18.2 Å². The summed E-state index contributed by atoms with van der Waals surface area (Å²) in [5, 5.41) is 0.618. The van der Waals surface area contributed by atoms with Crippen LogP contribution in [-0.2, 0) is 14.3 Å². The molecule has 0 amide bonds. The fourth-order valence-corrected chi connectivity index (χ4v) is 5.68. The van der Waals surface area contributed by atoms with Crippen molar-refractivity contribution < 1.29 is 28.2 Å². The zero-order valence-electron chi connectivity index (χ0n) is 22.6. The van der Waals surface area contributed by atoms with Gasteiger partial charge in [0.25, 0.3) is 5.56 Å². The summed E-state index contributed by atoms with van der Waals surface area (Å²) in [4.78, 5) is 43.6. The van der Waals surface area contributed by atoms with Gasteiger partial charge in [-0.05, 0) is 67.9 Å². The van der Waals surface area contributed by atoms with Crippen molar-refractivity contribution in [3.8, 4) is 22.8 Å². The first-order valence-electron chi connectivity index (χ1n) is 12.6. The molecule has 210 valence electrons. The van der Waals surface area contributed by atoms with Crippen LogP contribution in [0.2, 0.25) is 5.02 Å². The SMILES string of the molecule is CCOC(=O)C1=C(C)N=c2sc(=Cc3ccc(-c4ccc(Cl)cc4)o3)c(=O)n2C1c1ccc(OC(C)=O)c(OC)c1. The van der Waals surface area contributed by atoms with Gasteiger partial charge in [-0.2, -0.15) is 0 Å². The number of methoxy groups -OCH3 is 1. The van der Waals surface area contributed by atoms with Gasteiger partial charge in [0.2, 0.25) is 0 Å². The molecule has 5 rings (SSSR count). The molecule has 0 radical (unpaired) electrons. The molecular weight excluding hydrogens is 568 g/mol. The van der Waals surface area contributed by atoms with Crippen molar-refractivity contribution in [1.82, 2.24) is 4.57 Å². The molecule has 0 N–H and O–H groups in total. The summed E-state index contributed by atoms with van der Waals surface area (Å²) in [6.45, 7) is 4.84. The van der Waals surface area contributed by atoms with E-state index in [0.29, 0.717) is 37.1 Å². The van der Waals surface area contributed by atoms with E-state index in [-0.39, 0.29) is 29.2 Å². The molecule has 0 aliphatic carbocycles. The highest BCUT2D eigenvalue weighted by molar-refractivity contribution is 7.07. The highest BCUT2D eigenvalue weighted by Gasteiger charge is 2.34. The van der Waals surface area contributed by atoms with E-state index in [2.05, 4.69) is 4.99 Å². The van der Waals surface area contributed by atoms with Crippen LogP contribution < -0.4 is 24.4 Å². The van der Waals surface area contributed by atoms with E-state index in [4.69, 9.17) is 30.2 Å². The summed E-state index contributed by atoms with van der Waals surface area (Å²) in [5.41, 5.74) is 1.67. The molecule has 0 saturated heterocycles. The summed E-state index contributed by atoms with van der Waals surface area (Å²) in [7, 11) is 1.44. The second-order valence-corrected chi connectivity index (χ2v) is 10.5. The molecular formula is C30H25ClN2O7S. The summed E-state index contributed by atoms with van der Waals surface area (Å²) in [5.74, 6) is 0.482. The Morgan fingerprint density at radius 2 is 1.88 bits per heavy atom. The van der Waals surface area contributed by atoms with Crippen LogP contribution in [0.25, 0.3) is 17.4 Å². The Labute approximate surface area is 243 Å². The molecule has 1 unspecified atom stereocenters. The van der Waals surface area contributed by atoms with Gasteiger partial charge >= 0.3 is 11.9 Å². The maximum Gasteiger partial charge on any atom is 0.338 e. The van der Waals surface area contributed by atoms with Crippen molar-refractivity contribution in [1.29, 1.82) is 0 Å². The number of carbonyl (C=O) groups excluding carboxylic acids is 2. The van der Waals surface area contributed by atoms with E-state index in [1.165, 1.54) is 29.9 Å². The van der Waals surface area contributed by atoms with Crippen LogP contribution >= 0.6 is 22.9 Å². The van der Waals surface area contributed by atoms with Gasteiger partial charge in [0.05, 0.1) is 35.6 Å². The molecule has 2 aromatic carbocycles. The van der Waals surface area contributed by atoms with E-state index in [9.17, 15) is 14.4 Å². The Morgan fingerprint density at radius 1 is 1.12 bits per heavy atom. The molecule has 3 heterocycles. The van der Waals surface area contributed by atoms with Gasteiger partial charge in [-0.15, -0.1) is 0 Å². The third-order valence-corrected chi connectivity index (χ3v) is 7.54. The van der Waals surface area contributed by atoms with Crippen molar-refractivity contribution in [2.75, 3.05) is 13.7 Å². The smallest absolute Gasteiger partial charge is 0.338 e. The largest absolute Gasteiger partial charge is 0.493 e. The van der Waals surface area contributed by atoms with Gasteiger partial charge in [-0.3, -0.25) is 14.2 Å². The van der Waals surface area contributed by atoms with Gasteiger partial charge in [0, 0.05) is 23.6 Å². The van der Waals surface area contributed by atoms with E-state index < -0.39 is 18.0 Å². The first-order chi connectivity index (χ1) is 19.7. The number of benzene rings is 2. The number of esters is 2. The first-order valence-corrected chi connectivity index (χ1v) is 13.8. The zero-order valence-corrected chi connectivity index (χ0v) is 24.2. The molecule has 11 heteroatoms. The van der Waals surface area contributed by atoms with Crippen molar-refractivity contribution in [3.63, 3.8) is 0 Å². The van der Waals surface area contributed by atoms with Crippen LogP contribution in [0, 0.1) is 0 Å². The second kappa shape index (κ2) is 11.6. The van der Waals surface area contributed by atoms with Gasteiger partial charge in [0.15, 0.2) is 16.3 Å². The number of fused-ring (bicyclic) bond motifs is 1. The van der Waals surface area contributed by atoms with E-state index >= 15 is 0 Å². The minimum atomic E-state index is -0.867. The van der Waals surface area contributed by atoms with Crippen LogP contribution in [0.3, 0.4) is 0 Å². The number of furan rings is 1. The maximum atomic E-state index is 13.9. The number of hydrogen-bond acceptors (Lipinski definition) is 9. The molecule has 1 aliphatic rings. The average molecular weight is 593 g/mol. The highest BCUT2D eigenvalue weighted by atomic mass is 35.5. The lowest BCUT2D eigenvalue weighted by molar-refractivity contribution is -0.139. The van der Waals surface area contributed by atoms with Crippen molar-refractivity contribution in [2.24, 2.45) is 4.99 Å². The third-order valence-electron chi connectivity index (χ3n) is 6.30. The molecule has 0 fully saturated rings. The molecule has 0 spiro atoms. The predicted molar refractivity (Wildman–Crippen MR) is 154 cm³/mol. The van der Waals surface area contributed by atoms with Crippen molar-refractivity contribution in [2.45, 2.75) is 26.8 Å². The highest BCUT2D eigenvalue weighted by Crippen LogP contribution is 2.36. The summed E-state index contributed by atoms with van der Waals surface area (Å²) >= 11 is 7.17. The summed E-state index contributed by atoms with van der Waals surface area (Å²) < 4.78 is 23.9. The normalized spacial score (nSPS) is 14.9. The maximum absolute atomic E-state index is 13.9. The fourth-order valence-electron chi connectivity index (χ4n) is 4.53. The minimum absolute atomic E-state index is 0.149. The molecule has 0 bridgehead atoms. The first kappa shape index (κ1) is 28.1. The van der Waals surface area contributed by atoms with Gasteiger partial charge < -0.3 is 18.6 Å². The Kier molecular flexibility index (Phi) is 7.96. The number of rotatable bonds is 7. The van der Waals surface area contributed by atoms with Gasteiger partial charge in [-0.1, -0.05) is 29.0 Å². The lowest BCUT2D eigenvalue weighted by Crippen LogP contribution is -2.39. The topological polar surface area (TPSA) is 109 Å². The molecule has 0 saturated carbocycles. The predicted octanol–water partition coefficient (Wildman–Crippen LogP) is 4.65. The van der Waals surface area contributed by atoms with Gasteiger partial charge in [0.1, 0.15) is 11.5 Å². The number of thiazole rings is 1. The number of ether oxygens (including phenoxy) is 3. The minimum Gasteiger partial charge on any atom is -0.493 e. The fraction of sp³-hybridized carbons (Fsp3) is 0.200. The van der Waals surface area contributed by atoms with E-state index in [1.54, 1.807) is 56.3 Å². The zero-order chi connectivity index (χ0) is 29.3. The number of allylic oxidation sites excluding steroid dienone is 1. The average Bonchev–Trinajstić information content (AvgIpc) is 3.52. The van der Waals surface area contributed by atoms with Crippen LogP contribution in [0.15, 0.2) is 80.1 Å². The molecule has 4 aromatic rings. The number of halogens is 1. The number of hydrogen-bond donors (Lipinski definition) is 0. The number of aromatic nitrogens is 1. The molecule has 2 aromatic heterocycles. The van der Waals surface area contributed by atoms with Gasteiger partial charge in [-0.25, -0.2) is 9.79 Å². The molecule has 1 atom stereocenters. The second-order valence-electron chi connectivity index (χ2n) is 9.02. The quantitative estimate of drug-likeness (QED) is 0.227. The molecule has 41 heavy (non-hydrogen) atoms. The summed E-state index contributed by atoms with van der Waals surface area (Å²) in [6.07, 6.45) is 1.65. The standard InChI is InChI=1S/C30H25ClN2O7S/c1-5-38-29(36)26-16(2)32-30-33(27(26)19-8-12-23(39-17(3)34)24(14-19)37-4)28(35)25(41-30)15-21-11-13-22(40-21)18-6-9-20(31)10-7-18/h6-15,27H,5H2,1-4H3. The molecule has 1 aliphatic heterocycles. The van der Waals surface area contributed by atoms with Crippen LogP contribution in [0.5, 0.6) is 11.5 Å².